The first kappa shape index (κ1) is 22.6. The molecule has 0 spiro atoms. The second kappa shape index (κ2) is 9.89. The molecule has 2 aromatic heterocycles. The van der Waals surface area contributed by atoms with Crippen molar-refractivity contribution in [3.8, 4) is 16.8 Å². The molecular formula is C25H23FN4O2S. The lowest BCUT2D eigenvalue weighted by Gasteiger charge is -2.16. The van der Waals surface area contributed by atoms with Gasteiger partial charge in [0.05, 0.1) is 6.04 Å². The van der Waals surface area contributed by atoms with Crippen LogP contribution in [0.15, 0.2) is 76.9 Å². The molecule has 4 rings (SSSR count). The third-order valence-electron chi connectivity index (χ3n) is 5.24. The molecule has 2 N–H and O–H groups in total. The SMILES string of the molecule is CNCc1sccc1-c1cccc([C@@H](C)NC(=O)c2ccc(=O)n(-c3ccccc3F)n2)c1. The number of aromatic nitrogens is 2. The van der Waals surface area contributed by atoms with Gasteiger partial charge in [-0.05, 0) is 66.4 Å². The first-order chi connectivity index (χ1) is 16.0. The molecule has 0 bridgehead atoms. The average molecular weight is 463 g/mol. The third kappa shape index (κ3) is 4.92. The van der Waals surface area contributed by atoms with Crippen molar-refractivity contribution in [2.75, 3.05) is 7.05 Å². The van der Waals surface area contributed by atoms with Gasteiger partial charge in [-0.1, -0.05) is 30.3 Å². The number of hydrogen-bond acceptors (Lipinski definition) is 5. The second-order valence-electron chi connectivity index (χ2n) is 7.53. The highest BCUT2D eigenvalue weighted by Gasteiger charge is 2.16. The van der Waals surface area contributed by atoms with Gasteiger partial charge in [-0.2, -0.15) is 9.78 Å². The Kier molecular flexibility index (Phi) is 6.76. The fourth-order valence-electron chi connectivity index (χ4n) is 3.55. The predicted molar refractivity (Wildman–Crippen MR) is 128 cm³/mol. The Bertz CT molecular complexity index is 1350. The van der Waals surface area contributed by atoms with Crippen molar-refractivity contribution in [1.82, 2.24) is 20.4 Å². The molecule has 8 heteroatoms. The van der Waals surface area contributed by atoms with Gasteiger partial charge < -0.3 is 10.6 Å². The molecule has 2 heterocycles. The van der Waals surface area contributed by atoms with E-state index in [9.17, 15) is 14.0 Å². The maximum absolute atomic E-state index is 14.1. The molecule has 0 aliphatic heterocycles. The van der Waals surface area contributed by atoms with Crippen LogP contribution in [0.4, 0.5) is 4.39 Å². The number of hydrogen-bond donors (Lipinski definition) is 2. The van der Waals surface area contributed by atoms with Crippen molar-refractivity contribution >= 4 is 17.2 Å². The third-order valence-corrected chi connectivity index (χ3v) is 6.16. The molecule has 0 aliphatic carbocycles. The van der Waals surface area contributed by atoms with Gasteiger partial charge in [0.2, 0.25) is 0 Å². The monoisotopic (exact) mass is 462 g/mol. The zero-order valence-electron chi connectivity index (χ0n) is 18.2. The van der Waals surface area contributed by atoms with Gasteiger partial charge in [0, 0.05) is 17.5 Å². The summed E-state index contributed by atoms with van der Waals surface area (Å²) in [6, 6.07) is 18.1. The van der Waals surface area contributed by atoms with Crippen molar-refractivity contribution in [2.24, 2.45) is 0 Å². The molecular weight excluding hydrogens is 439 g/mol. The highest BCUT2D eigenvalue weighted by molar-refractivity contribution is 7.10. The van der Waals surface area contributed by atoms with E-state index >= 15 is 0 Å². The van der Waals surface area contributed by atoms with Crippen molar-refractivity contribution in [3.63, 3.8) is 0 Å². The van der Waals surface area contributed by atoms with Gasteiger partial charge in [-0.15, -0.1) is 11.3 Å². The van der Waals surface area contributed by atoms with Gasteiger partial charge in [0.1, 0.15) is 17.2 Å². The van der Waals surface area contributed by atoms with Crippen LogP contribution >= 0.6 is 11.3 Å². The van der Waals surface area contributed by atoms with Gasteiger partial charge in [0.25, 0.3) is 11.5 Å². The lowest BCUT2D eigenvalue weighted by molar-refractivity contribution is 0.0933. The number of nitrogens with one attached hydrogen (secondary N) is 2. The quantitative estimate of drug-likeness (QED) is 0.429. The summed E-state index contributed by atoms with van der Waals surface area (Å²) in [6.07, 6.45) is 0. The van der Waals surface area contributed by atoms with Crippen LogP contribution < -0.4 is 16.2 Å². The first-order valence-electron chi connectivity index (χ1n) is 10.5. The minimum absolute atomic E-state index is 0.00830. The van der Waals surface area contributed by atoms with E-state index in [1.54, 1.807) is 17.4 Å². The van der Waals surface area contributed by atoms with E-state index in [-0.39, 0.29) is 17.4 Å². The van der Waals surface area contributed by atoms with Gasteiger partial charge in [-0.25, -0.2) is 4.39 Å². The van der Waals surface area contributed by atoms with Gasteiger partial charge >= 0.3 is 0 Å². The summed E-state index contributed by atoms with van der Waals surface area (Å²) in [5.41, 5.74) is 2.66. The number of carbonyl (C=O) groups is 1. The zero-order valence-corrected chi connectivity index (χ0v) is 19.0. The van der Waals surface area contributed by atoms with Crippen LogP contribution in [0.5, 0.6) is 0 Å². The van der Waals surface area contributed by atoms with Crippen molar-refractivity contribution in [3.05, 3.63) is 104 Å². The predicted octanol–water partition coefficient (Wildman–Crippen LogP) is 4.31. The number of carbonyl (C=O) groups excluding carboxylic acids is 1. The smallest absolute Gasteiger partial charge is 0.272 e. The van der Waals surface area contributed by atoms with E-state index in [0.29, 0.717) is 0 Å². The zero-order chi connectivity index (χ0) is 23.4. The molecule has 1 amide bonds. The van der Waals surface area contributed by atoms with E-state index in [4.69, 9.17) is 0 Å². The Morgan fingerprint density at radius 3 is 2.73 bits per heavy atom. The van der Waals surface area contributed by atoms with Crippen LogP contribution in [0.3, 0.4) is 0 Å². The molecule has 0 radical (unpaired) electrons. The minimum Gasteiger partial charge on any atom is -0.344 e. The summed E-state index contributed by atoms with van der Waals surface area (Å²) < 4.78 is 15.0. The molecule has 0 saturated carbocycles. The molecule has 0 unspecified atom stereocenters. The number of benzene rings is 2. The van der Waals surface area contributed by atoms with Crippen LogP contribution in [0, 0.1) is 5.82 Å². The number of para-hydroxylation sites is 1. The van der Waals surface area contributed by atoms with E-state index < -0.39 is 17.3 Å². The molecule has 4 aromatic rings. The Labute approximate surface area is 194 Å². The molecule has 1 atom stereocenters. The Balaban J connectivity index is 1.56. The second-order valence-corrected chi connectivity index (χ2v) is 8.53. The topological polar surface area (TPSA) is 76.0 Å². The van der Waals surface area contributed by atoms with Crippen LogP contribution in [-0.4, -0.2) is 22.7 Å². The summed E-state index contributed by atoms with van der Waals surface area (Å²) >= 11 is 1.70. The van der Waals surface area contributed by atoms with E-state index in [0.717, 1.165) is 27.9 Å². The number of thiophene rings is 1. The maximum atomic E-state index is 14.1. The Morgan fingerprint density at radius 1 is 1.12 bits per heavy atom. The molecule has 0 fully saturated rings. The summed E-state index contributed by atoms with van der Waals surface area (Å²) in [4.78, 5) is 26.3. The average Bonchev–Trinajstić information content (AvgIpc) is 3.28. The first-order valence-corrected chi connectivity index (χ1v) is 11.3. The van der Waals surface area contributed by atoms with Crippen LogP contribution in [-0.2, 0) is 6.54 Å². The molecule has 168 valence electrons. The molecule has 0 aliphatic rings. The maximum Gasteiger partial charge on any atom is 0.272 e. The highest BCUT2D eigenvalue weighted by Crippen LogP contribution is 2.30. The fraction of sp³-hybridized carbons (Fsp3) is 0.160. The van der Waals surface area contributed by atoms with E-state index in [1.807, 2.05) is 32.2 Å². The largest absolute Gasteiger partial charge is 0.344 e. The van der Waals surface area contributed by atoms with Crippen LogP contribution in [0.25, 0.3) is 16.8 Å². The summed E-state index contributed by atoms with van der Waals surface area (Å²) in [5, 5.41) is 12.3. The summed E-state index contributed by atoms with van der Waals surface area (Å²) in [5.74, 6) is -1.05. The van der Waals surface area contributed by atoms with E-state index in [1.165, 1.54) is 35.2 Å². The minimum atomic E-state index is -0.596. The molecule has 2 aromatic carbocycles. The normalized spacial score (nSPS) is 11.8. The molecule has 0 saturated heterocycles. The van der Waals surface area contributed by atoms with Gasteiger partial charge in [-0.3, -0.25) is 9.59 Å². The van der Waals surface area contributed by atoms with Crippen molar-refractivity contribution in [2.45, 2.75) is 19.5 Å². The van der Waals surface area contributed by atoms with Crippen molar-refractivity contribution in [1.29, 1.82) is 0 Å². The molecule has 33 heavy (non-hydrogen) atoms. The number of rotatable bonds is 7. The molecule has 6 nitrogen and oxygen atoms in total. The van der Waals surface area contributed by atoms with Crippen molar-refractivity contribution < 1.29 is 9.18 Å². The lowest BCUT2D eigenvalue weighted by Crippen LogP contribution is -2.31. The number of amides is 1. The summed E-state index contributed by atoms with van der Waals surface area (Å²) in [6.45, 7) is 2.67. The lowest BCUT2D eigenvalue weighted by atomic mass is 10.0. The Morgan fingerprint density at radius 2 is 1.94 bits per heavy atom. The van der Waals surface area contributed by atoms with Gasteiger partial charge in [0.15, 0.2) is 0 Å². The Hall–Kier alpha value is -3.62. The fourth-order valence-corrected chi connectivity index (χ4v) is 4.46. The van der Waals surface area contributed by atoms with E-state index in [2.05, 4.69) is 33.2 Å². The number of nitrogens with zero attached hydrogens (tertiary/aromatic N) is 2. The summed E-state index contributed by atoms with van der Waals surface area (Å²) in [7, 11) is 1.92. The van der Waals surface area contributed by atoms with Crippen LogP contribution in [0.1, 0.15) is 33.9 Å². The number of halogens is 1. The highest BCUT2D eigenvalue weighted by atomic mass is 32.1. The van der Waals surface area contributed by atoms with Crippen LogP contribution in [0.2, 0.25) is 0 Å². The standard InChI is InChI=1S/C25H23FN4O2S/c1-16(17-6-5-7-18(14-17)19-12-13-33-23(19)15-27-2)28-25(32)21-10-11-24(31)30(29-21)22-9-4-3-8-20(22)26/h3-14,16,27H,15H2,1-2H3,(H,28,32)/t16-/m1/s1.